The molecule has 152 valence electrons. The molecule has 29 heavy (non-hydrogen) atoms. The molecule has 0 radical (unpaired) electrons. The summed E-state index contributed by atoms with van der Waals surface area (Å²) in [5.74, 6) is 1.11. The van der Waals surface area contributed by atoms with Crippen LogP contribution in [-0.4, -0.2) is 46.3 Å². The highest BCUT2D eigenvalue weighted by molar-refractivity contribution is 5.76. The Morgan fingerprint density at radius 2 is 1.93 bits per heavy atom. The Kier molecular flexibility index (Phi) is 4.69. The first-order valence-corrected chi connectivity index (χ1v) is 10.6. The van der Waals surface area contributed by atoms with Gasteiger partial charge in [-0.1, -0.05) is 42.5 Å². The molecular formula is C24H30N4O. The summed E-state index contributed by atoms with van der Waals surface area (Å²) in [4.78, 5) is 7.41. The summed E-state index contributed by atoms with van der Waals surface area (Å²) in [6, 6.07) is 20.1. The van der Waals surface area contributed by atoms with Gasteiger partial charge >= 0.3 is 0 Å². The predicted octanol–water partition coefficient (Wildman–Crippen LogP) is 3.84. The molecule has 5 rings (SSSR count). The van der Waals surface area contributed by atoms with Crippen LogP contribution < -0.4 is 5.73 Å². The number of hydrogen-bond acceptors (Lipinski definition) is 4. The fourth-order valence-corrected chi connectivity index (χ4v) is 5.69. The number of nitrogens with two attached hydrogens (primary N) is 1. The number of benzene rings is 2. The van der Waals surface area contributed by atoms with E-state index >= 15 is 0 Å². The van der Waals surface area contributed by atoms with Gasteiger partial charge in [0.15, 0.2) is 0 Å². The van der Waals surface area contributed by atoms with E-state index in [4.69, 9.17) is 15.5 Å². The van der Waals surface area contributed by atoms with E-state index in [2.05, 4.69) is 64.9 Å². The Bertz CT molecular complexity index is 1000. The molecule has 5 atom stereocenters. The first kappa shape index (κ1) is 18.8. The molecular weight excluding hydrogens is 360 g/mol. The summed E-state index contributed by atoms with van der Waals surface area (Å²) in [6.45, 7) is 3.95. The third-order valence-corrected chi connectivity index (χ3v) is 7.03. The Balaban J connectivity index is 1.30. The normalized spacial score (nSPS) is 29.1. The monoisotopic (exact) mass is 390 g/mol. The highest BCUT2D eigenvalue weighted by Crippen LogP contribution is 2.57. The Morgan fingerprint density at radius 3 is 2.72 bits per heavy atom. The molecule has 2 aliphatic rings. The van der Waals surface area contributed by atoms with Crippen LogP contribution in [0.25, 0.3) is 11.0 Å². The number of rotatable bonds is 7. The molecule has 0 amide bonds. The molecule has 0 spiro atoms. The van der Waals surface area contributed by atoms with E-state index in [-0.39, 0.29) is 11.6 Å². The standard InChI is InChI=1S/C24H30N4O/c1-17-26-21-10-6-7-11-22(21)28(17)19-14-23-24(15-19,16-29-2)27(23)13-12-20(25)18-8-4-3-5-9-18/h3-11,19-20,23H,12-16,25H2,1-2H3/t19?,20-,23?,24?,27?/m1/s1. The molecule has 2 heterocycles. The second-order valence-electron chi connectivity index (χ2n) is 8.66. The zero-order valence-electron chi connectivity index (χ0n) is 17.3. The van der Waals surface area contributed by atoms with Crippen LogP contribution in [0.2, 0.25) is 0 Å². The molecule has 1 saturated heterocycles. The van der Waals surface area contributed by atoms with Crippen LogP contribution >= 0.6 is 0 Å². The molecule has 2 aromatic carbocycles. The van der Waals surface area contributed by atoms with E-state index in [1.807, 2.05) is 13.2 Å². The van der Waals surface area contributed by atoms with Gasteiger partial charge in [0.2, 0.25) is 0 Å². The molecule has 0 bridgehead atoms. The van der Waals surface area contributed by atoms with Gasteiger partial charge in [0.25, 0.3) is 0 Å². The molecule has 1 aliphatic heterocycles. The van der Waals surface area contributed by atoms with Crippen LogP contribution in [0.5, 0.6) is 0 Å². The van der Waals surface area contributed by atoms with Crippen molar-refractivity contribution in [3.05, 3.63) is 66.0 Å². The minimum absolute atomic E-state index is 0.0905. The van der Waals surface area contributed by atoms with E-state index in [1.54, 1.807) is 0 Å². The summed E-state index contributed by atoms with van der Waals surface area (Å²) >= 11 is 0. The maximum absolute atomic E-state index is 6.45. The Labute approximate surface area is 172 Å². The van der Waals surface area contributed by atoms with Gasteiger partial charge < -0.3 is 15.0 Å². The van der Waals surface area contributed by atoms with E-state index in [1.165, 1.54) is 11.1 Å². The lowest BCUT2D eigenvalue weighted by atomic mass is 10.0. The van der Waals surface area contributed by atoms with Crippen LogP contribution in [-0.2, 0) is 4.74 Å². The van der Waals surface area contributed by atoms with Gasteiger partial charge in [-0.05, 0) is 43.9 Å². The maximum atomic E-state index is 6.45. The molecule has 5 heteroatoms. The van der Waals surface area contributed by atoms with E-state index in [0.717, 1.165) is 43.8 Å². The Hall–Kier alpha value is -2.21. The van der Waals surface area contributed by atoms with Gasteiger partial charge in [-0.25, -0.2) is 4.98 Å². The van der Waals surface area contributed by atoms with Gasteiger partial charge in [-0.15, -0.1) is 0 Å². The minimum atomic E-state index is 0.0905. The van der Waals surface area contributed by atoms with Crippen LogP contribution in [0, 0.1) is 6.92 Å². The second-order valence-corrected chi connectivity index (χ2v) is 8.66. The van der Waals surface area contributed by atoms with Gasteiger partial charge in [-0.2, -0.15) is 0 Å². The van der Waals surface area contributed by atoms with Crippen molar-refractivity contribution in [2.75, 3.05) is 20.3 Å². The third kappa shape index (κ3) is 3.08. The van der Waals surface area contributed by atoms with Crippen molar-refractivity contribution in [1.29, 1.82) is 0 Å². The lowest BCUT2D eigenvalue weighted by molar-refractivity contribution is 0.136. The van der Waals surface area contributed by atoms with Crippen LogP contribution in [0.3, 0.4) is 0 Å². The lowest BCUT2D eigenvalue weighted by Gasteiger charge is -2.24. The van der Waals surface area contributed by atoms with Crippen molar-refractivity contribution < 1.29 is 4.74 Å². The first-order chi connectivity index (χ1) is 14.1. The zero-order chi connectivity index (χ0) is 20.0. The van der Waals surface area contributed by atoms with Crippen LogP contribution in [0.4, 0.5) is 0 Å². The van der Waals surface area contributed by atoms with Gasteiger partial charge in [0.1, 0.15) is 5.82 Å². The number of para-hydroxylation sites is 2. The van der Waals surface area contributed by atoms with E-state index in [9.17, 15) is 0 Å². The number of fused-ring (bicyclic) bond motifs is 2. The highest BCUT2D eigenvalue weighted by atomic mass is 16.5. The van der Waals surface area contributed by atoms with Gasteiger partial charge in [0, 0.05) is 31.8 Å². The SMILES string of the molecule is COCC12CC(n3c(C)nc4ccccc43)CC1N2CC[C@@H](N)c1ccccc1. The number of aryl methyl sites for hydroxylation is 1. The summed E-state index contributed by atoms with van der Waals surface area (Å²) < 4.78 is 8.13. The molecule has 1 aliphatic carbocycles. The summed E-state index contributed by atoms with van der Waals surface area (Å²) in [5, 5.41) is 0. The molecule has 2 N–H and O–H groups in total. The van der Waals surface area contributed by atoms with Crippen molar-refractivity contribution in [3.63, 3.8) is 0 Å². The summed E-state index contributed by atoms with van der Waals surface area (Å²) in [5.41, 5.74) is 10.2. The third-order valence-electron chi connectivity index (χ3n) is 7.03. The van der Waals surface area contributed by atoms with Gasteiger partial charge in [-0.3, -0.25) is 4.90 Å². The predicted molar refractivity (Wildman–Crippen MR) is 116 cm³/mol. The van der Waals surface area contributed by atoms with Crippen molar-refractivity contribution >= 4 is 11.0 Å². The topological polar surface area (TPSA) is 56.1 Å². The van der Waals surface area contributed by atoms with Crippen molar-refractivity contribution in [2.24, 2.45) is 5.73 Å². The Morgan fingerprint density at radius 1 is 1.17 bits per heavy atom. The maximum Gasteiger partial charge on any atom is 0.106 e. The minimum Gasteiger partial charge on any atom is -0.383 e. The summed E-state index contributed by atoms with van der Waals surface area (Å²) in [6.07, 6.45) is 3.25. The smallest absolute Gasteiger partial charge is 0.106 e. The number of aromatic nitrogens is 2. The van der Waals surface area contributed by atoms with E-state index in [0.29, 0.717) is 12.1 Å². The van der Waals surface area contributed by atoms with Crippen molar-refractivity contribution in [3.8, 4) is 0 Å². The summed E-state index contributed by atoms with van der Waals surface area (Å²) in [7, 11) is 1.82. The molecule has 1 aromatic heterocycles. The quantitative estimate of drug-likeness (QED) is 0.623. The van der Waals surface area contributed by atoms with Crippen LogP contribution in [0.1, 0.15) is 42.7 Å². The zero-order valence-corrected chi connectivity index (χ0v) is 17.3. The number of hydrogen-bond donors (Lipinski definition) is 1. The number of ether oxygens (including phenoxy) is 1. The molecule has 4 unspecified atom stereocenters. The van der Waals surface area contributed by atoms with Crippen molar-refractivity contribution in [1.82, 2.24) is 14.5 Å². The van der Waals surface area contributed by atoms with Crippen LogP contribution in [0.15, 0.2) is 54.6 Å². The number of imidazole rings is 1. The molecule has 5 nitrogen and oxygen atoms in total. The number of nitrogens with zero attached hydrogens (tertiary/aromatic N) is 3. The number of methoxy groups -OCH3 is 1. The molecule has 2 fully saturated rings. The highest BCUT2D eigenvalue weighted by Gasteiger charge is 2.67. The fourth-order valence-electron chi connectivity index (χ4n) is 5.69. The first-order valence-electron chi connectivity index (χ1n) is 10.6. The molecule has 1 saturated carbocycles. The largest absolute Gasteiger partial charge is 0.383 e. The van der Waals surface area contributed by atoms with E-state index < -0.39 is 0 Å². The average Bonchev–Trinajstić information content (AvgIpc) is 3.01. The van der Waals surface area contributed by atoms with Gasteiger partial charge in [0.05, 0.1) is 23.2 Å². The fraction of sp³-hybridized carbons (Fsp3) is 0.458. The average molecular weight is 391 g/mol. The number of likely N-dealkylation sites (tertiary alicyclic amines) is 1. The van der Waals surface area contributed by atoms with Crippen molar-refractivity contribution in [2.45, 2.75) is 49.9 Å². The lowest BCUT2D eigenvalue weighted by Crippen LogP contribution is -2.29. The second kappa shape index (κ2) is 7.24. The number of piperidine rings is 1. The molecule has 3 aromatic rings.